The Hall–Kier alpha value is -2.19. The van der Waals surface area contributed by atoms with Crippen molar-refractivity contribution < 1.29 is 4.79 Å². The number of benzene rings is 1. The average molecular weight is 429 g/mol. The summed E-state index contributed by atoms with van der Waals surface area (Å²) in [6.07, 6.45) is 3.67. The fraction of sp³-hybridized carbons (Fsp3) is 0.591. The molecule has 2 aliphatic heterocycles. The second-order valence-corrected chi connectivity index (χ2v) is 8.91. The molecule has 2 aromatic rings. The van der Waals surface area contributed by atoms with Crippen LogP contribution in [-0.4, -0.2) is 69.3 Å². The number of para-hydroxylation sites is 1. The third-order valence-electron chi connectivity index (χ3n) is 5.99. The SMILES string of the molecule is CC(C)C(=O)N1CCN(Cn2nc(N3CCCCC3)n(-c3ccccc3)c2=S)CC1. The van der Waals surface area contributed by atoms with Gasteiger partial charge in [-0.3, -0.25) is 14.3 Å². The first-order valence-electron chi connectivity index (χ1n) is 11.1. The molecule has 2 saturated heterocycles. The highest BCUT2D eigenvalue weighted by Gasteiger charge is 2.25. The molecule has 1 aromatic carbocycles. The van der Waals surface area contributed by atoms with Crippen LogP contribution in [0.2, 0.25) is 0 Å². The van der Waals surface area contributed by atoms with Crippen molar-refractivity contribution in [3.05, 3.63) is 35.1 Å². The van der Waals surface area contributed by atoms with Crippen LogP contribution >= 0.6 is 12.2 Å². The van der Waals surface area contributed by atoms with E-state index in [0.717, 1.165) is 55.7 Å². The molecule has 8 heteroatoms. The van der Waals surface area contributed by atoms with Crippen molar-refractivity contribution in [3.8, 4) is 5.69 Å². The van der Waals surface area contributed by atoms with Crippen LogP contribution in [0, 0.1) is 10.7 Å². The Balaban J connectivity index is 1.55. The zero-order valence-electron chi connectivity index (χ0n) is 18.0. The second kappa shape index (κ2) is 9.31. The molecule has 162 valence electrons. The maximum Gasteiger partial charge on any atom is 0.230 e. The van der Waals surface area contributed by atoms with Gasteiger partial charge in [-0.2, -0.15) is 0 Å². The summed E-state index contributed by atoms with van der Waals surface area (Å²) in [6.45, 7) is 9.85. The summed E-state index contributed by atoms with van der Waals surface area (Å²) >= 11 is 5.88. The van der Waals surface area contributed by atoms with Crippen molar-refractivity contribution in [2.75, 3.05) is 44.2 Å². The van der Waals surface area contributed by atoms with Crippen molar-refractivity contribution >= 4 is 24.1 Å². The fourth-order valence-corrected chi connectivity index (χ4v) is 4.54. The van der Waals surface area contributed by atoms with Gasteiger partial charge in [0.05, 0.1) is 12.4 Å². The second-order valence-electron chi connectivity index (χ2n) is 8.54. The minimum Gasteiger partial charge on any atom is -0.341 e. The number of anilines is 1. The van der Waals surface area contributed by atoms with Gasteiger partial charge < -0.3 is 9.80 Å². The first kappa shape index (κ1) is 21.1. The Morgan fingerprint density at radius 2 is 1.67 bits per heavy atom. The van der Waals surface area contributed by atoms with Gasteiger partial charge in [0, 0.05) is 45.2 Å². The zero-order chi connectivity index (χ0) is 21.1. The van der Waals surface area contributed by atoms with Crippen LogP contribution in [0.3, 0.4) is 0 Å². The lowest BCUT2D eigenvalue weighted by Crippen LogP contribution is -2.50. The van der Waals surface area contributed by atoms with E-state index in [-0.39, 0.29) is 11.8 Å². The molecule has 1 aromatic heterocycles. The Labute approximate surface area is 183 Å². The van der Waals surface area contributed by atoms with E-state index in [2.05, 4.69) is 26.5 Å². The van der Waals surface area contributed by atoms with Gasteiger partial charge in [0.15, 0.2) is 0 Å². The number of amides is 1. The molecular formula is C22H32N6OS. The maximum atomic E-state index is 12.3. The molecule has 0 atom stereocenters. The Bertz CT molecular complexity index is 907. The quantitative estimate of drug-likeness (QED) is 0.685. The van der Waals surface area contributed by atoms with Crippen LogP contribution in [0.5, 0.6) is 0 Å². The van der Waals surface area contributed by atoms with E-state index in [4.69, 9.17) is 17.3 Å². The molecule has 0 unspecified atom stereocenters. The summed E-state index contributed by atoms with van der Waals surface area (Å²) in [6, 6.07) is 10.3. The molecule has 3 heterocycles. The fourth-order valence-electron chi connectivity index (χ4n) is 4.25. The monoisotopic (exact) mass is 428 g/mol. The van der Waals surface area contributed by atoms with Crippen molar-refractivity contribution in [2.45, 2.75) is 39.8 Å². The predicted molar refractivity (Wildman–Crippen MR) is 121 cm³/mol. The Morgan fingerprint density at radius 3 is 2.30 bits per heavy atom. The first-order chi connectivity index (χ1) is 14.5. The van der Waals surface area contributed by atoms with Crippen molar-refractivity contribution in [3.63, 3.8) is 0 Å². The van der Waals surface area contributed by atoms with Crippen LogP contribution in [-0.2, 0) is 11.5 Å². The number of hydrogen-bond donors (Lipinski definition) is 0. The Morgan fingerprint density at radius 1 is 1.00 bits per heavy atom. The largest absolute Gasteiger partial charge is 0.341 e. The minimum absolute atomic E-state index is 0.0545. The third-order valence-corrected chi connectivity index (χ3v) is 6.38. The van der Waals surface area contributed by atoms with Crippen molar-refractivity contribution in [1.29, 1.82) is 0 Å². The van der Waals surface area contributed by atoms with Crippen LogP contribution in [0.15, 0.2) is 30.3 Å². The highest BCUT2D eigenvalue weighted by molar-refractivity contribution is 7.71. The van der Waals surface area contributed by atoms with Crippen molar-refractivity contribution in [2.24, 2.45) is 5.92 Å². The summed E-state index contributed by atoms with van der Waals surface area (Å²) in [4.78, 5) is 18.9. The van der Waals surface area contributed by atoms with E-state index in [0.29, 0.717) is 6.67 Å². The Kier molecular flexibility index (Phi) is 6.53. The standard InChI is InChI=1S/C22H32N6OS/c1-18(2)20(29)25-15-13-24(14-16-25)17-27-22(30)28(19-9-5-3-6-10-19)21(23-27)26-11-7-4-8-12-26/h3,5-6,9-10,18H,4,7-8,11-17H2,1-2H3. The molecule has 4 rings (SSSR count). The number of piperidine rings is 1. The lowest BCUT2D eigenvalue weighted by molar-refractivity contribution is -0.136. The molecule has 0 aliphatic carbocycles. The van der Waals surface area contributed by atoms with E-state index in [1.165, 1.54) is 19.3 Å². The van der Waals surface area contributed by atoms with Gasteiger partial charge in [0.2, 0.25) is 16.6 Å². The van der Waals surface area contributed by atoms with E-state index >= 15 is 0 Å². The number of hydrogen-bond acceptors (Lipinski definition) is 5. The van der Waals surface area contributed by atoms with Gasteiger partial charge in [-0.15, -0.1) is 5.10 Å². The molecule has 0 N–H and O–H groups in total. The van der Waals surface area contributed by atoms with Crippen LogP contribution in [0.4, 0.5) is 5.95 Å². The summed E-state index contributed by atoms with van der Waals surface area (Å²) in [7, 11) is 0. The molecule has 0 bridgehead atoms. The van der Waals surface area contributed by atoms with E-state index in [1.54, 1.807) is 0 Å². The third kappa shape index (κ3) is 4.44. The molecule has 0 radical (unpaired) electrons. The summed E-state index contributed by atoms with van der Waals surface area (Å²) in [5, 5.41) is 4.97. The average Bonchev–Trinajstić information content (AvgIpc) is 3.11. The smallest absolute Gasteiger partial charge is 0.230 e. The van der Waals surface area contributed by atoms with E-state index in [1.807, 2.05) is 41.6 Å². The summed E-state index contributed by atoms with van der Waals surface area (Å²) < 4.78 is 4.79. The van der Waals surface area contributed by atoms with Gasteiger partial charge in [-0.1, -0.05) is 32.0 Å². The number of carbonyl (C=O) groups is 1. The predicted octanol–water partition coefficient (Wildman–Crippen LogP) is 3.15. The molecule has 30 heavy (non-hydrogen) atoms. The molecular weight excluding hydrogens is 396 g/mol. The van der Waals surface area contributed by atoms with Crippen LogP contribution in [0.25, 0.3) is 5.69 Å². The molecule has 2 fully saturated rings. The minimum atomic E-state index is 0.0545. The number of nitrogens with zero attached hydrogens (tertiary/aromatic N) is 6. The summed E-state index contributed by atoms with van der Waals surface area (Å²) in [5.41, 5.74) is 1.06. The number of rotatable bonds is 5. The van der Waals surface area contributed by atoms with Crippen LogP contribution in [0.1, 0.15) is 33.1 Å². The lowest BCUT2D eigenvalue weighted by atomic mass is 10.1. The van der Waals surface area contributed by atoms with Gasteiger partial charge in [-0.25, -0.2) is 4.68 Å². The number of aromatic nitrogens is 3. The van der Waals surface area contributed by atoms with Gasteiger partial charge >= 0.3 is 0 Å². The van der Waals surface area contributed by atoms with E-state index in [9.17, 15) is 4.79 Å². The molecule has 7 nitrogen and oxygen atoms in total. The van der Waals surface area contributed by atoms with Gasteiger partial charge in [-0.05, 0) is 43.6 Å². The maximum absolute atomic E-state index is 12.3. The summed E-state index contributed by atoms with van der Waals surface area (Å²) in [5.74, 6) is 1.24. The zero-order valence-corrected chi connectivity index (χ0v) is 18.9. The lowest BCUT2D eigenvalue weighted by Gasteiger charge is -2.35. The number of carbonyl (C=O) groups excluding carboxylic acids is 1. The molecule has 0 saturated carbocycles. The van der Waals surface area contributed by atoms with Gasteiger partial charge in [0.25, 0.3) is 0 Å². The van der Waals surface area contributed by atoms with Gasteiger partial charge in [0.1, 0.15) is 0 Å². The van der Waals surface area contributed by atoms with E-state index < -0.39 is 0 Å². The van der Waals surface area contributed by atoms with Crippen molar-refractivity contribution in [1.82, 2.24) is 24.1 Å². The highest BCUT2D eigenvalue weighted by Crippen LogP contribution is 2.23. The topological polar surface area (TPSA) is 49.5 Å². The number of piperazine rings is 1. The first-order valence-corrected chi connectivity index (χ1v) is 11.5. The molecule has 1 amide bonds. The van der Waals surface area contributed by atoms with Crippen LogP contribution < -0.4 is 4.90 Å². The normalized spacial score (nSPS) is 18.2. The highest BCUT2D eigenvalue weighted by atomic mass is 32.1. The molecule has 2 aliphatic rings. The molecule has 0 spiro atoms.